The van der Waals surface area contributed by atoms with Crippen LogP contribution in [0.5, 0.6) is 0 Å². The first kappa shape index (κ1) is 32.2. The SMILES string of the molecule is CC(C)(CO)C(=O)SCCOP(=O)(NCc1ccccc1)OC1[C@H]2O[C@@](C#N)(c3cnc4c(N)nc(N)nn34)[C@](C)(O)[C@@]12O. The normalized spacial score (nSPS) is 29.2. The molecule has 1 aromatic carbocycles. The van der Waals surface area contributed by atoms with Gasteiger partial charge in [-0.2, -0.15) is 10.2 Å². The molecule has 2 aromatic heterocycles. The van der Waals surface area contributed by atoms with Gasteiger partial charge in [0.1, 0.15) is 29.6 Å². The second-order valence-corrected chi connectivity index (χ2v) is 14.2. The lowest BCUT2D eigenvalue weighted by Crippen LogP contribution is -2.57. The van der Waals surface area contributed by atoms with Crippen molar-refractivity contribution < 1.29 is 38.5 Å². The smallest absolute Gasteiger partial charge is 0.395 e. The van der Waals surface area contributed by atoms with Crippen molar-refractivity contribution in [3.63, 3.8) is 0 Å². The number of ether oxygens (including phenoxy) is 1. The first-order valence-corrected chi connectivity index (χ1v) is 16.0. The fraction of sp³-hybridized carbons (Fsp3) is 0.500. The topological polar surface area (TPSA) is 253 Å². The average molecular weight is 649 g/mol. The highest BCUT2D eigenvalue weighted by atomic mass is 32.2. The number of carbonyl (C=O) groups is 1. The minimum absolute atomic E-state index is 0.0466. The number of nitrogen functional groups attached to an aromatic ring is 2. The highest BCUT2D eigenvalue weighted by Gasteiger charge is 2.89. The number of carbonyl (C=O) groups excluding carboxylic acids is 1. The van der Waals surface area contributed by atoms with E-state index in [1.54, 1.807) is 38.1 Å². The van der Waals surface area contributed by atoms with Crippen LogP contribution in [0, 0.1) is 16.7 Å². The monoisotopic (exact) mass is 648 g/mol. The van der Waals surface area contributed by atoms with E-state index in [9.17, 15) is 29.9 Å². The van der Waals surface area contributed by atoms with Crippen LogP contribution < -0.4 is 16.6 Å². The third kappa shape index (κ3) is 5.15. The van der Waals surface area contributed by atoms with E-state index in [1.807, 2.05) is 12.1 Å². The molecular formula is C26H33N8O8PS. The molecule has 1 aliphatic heterocycles. The molecule has 44 heavy (non-hydrogen) atoms. The molecule has 1 aliphatic carbocycles. The molecule has 2 unspecified atom stereocenters. The van der Waals surface area contributed by atoms with E-state index < -0.39 is 42.2 Å². The third-order valence-corrected chi connectivity index (χ3v) is 10.6. The zero-order valence-corrected chi connectivity index (χ0v) is 25.8. The number of rotatable bonds is 12. The van der Waals surface area contributed by atoms with E-state index in [0.717, 1.165) is 21.8 Å². The maximum absolute atomic E-state index is 14.0. The Hall–Kier alpha value is -3.17. The van der Waals surface area contributed by atoms with Crippen molar-refractivity contribution in [3.05, 3.63) is 47.8 Å². The number of anilines is 2. The summed E-state index contributed by atoms with van der Waals surface area (Å²) in [4.78, 5) is 20.3. The van der Waals surface area contributed by atoms with Gasteiger partial charge >= 0.3 is 7.75 Å². The molecule has 0 radical (unpaired) electrons. The summed E-state index contributed by atoms with van der Waals surface area (Å²) in [6.07, 6.45) is -1.51. The molecule has 3 heterocycles. The number of aromatic nitrogens is 4. The third-order valence-electron chi connectivity index (χ3n) is 7.82. The lowest BCUT2D eigenvalue weighted by molar-refractivity contribution is -0.166. The number of aliphatic hydroxyl groups is 3. The van der Waals surface area contributed by atoms with Crippen LogP contribution in [-0.4, -0.2) is 82.4 Å². The van der Waals surface area contributed by atoms with Crippen LogP contribution in [0.3, 0.4) is 0 Å². The maximum Gasteiger partial charge on any atom is 0.406 e. The summed E-state index contributed by atoms with van der Waals surface area (Å²) in [5, 5.41) is 49.7. The fourth-order valence-corrected chi connectivity index (χ4v) is 7.44. The van der Waals surface area contributed by atoms with Gasteiger partial charge in [-0.15, -0.1) is 5.10 Å². The number of nitrogens with one attached hydrogen (secondary N) is 1. The number of thioether (sulfide) groups is 1. The summed E-state index contributed by atoms with van der Waals surface area (Å²) in [5.41, 5.74) is 4.57. The molecule has 0 bridgehead atoms. The Bertz CT molecular complexity index is 1670. The summed E-state index contributed by atoms with van der Waals surface area (Å²) in [7, 11) is -4.23. The number of imidazole rings is 1. The molecule has 1 saturated carbocycles. The molecule has 0 amide bonds. The van der Waals surface area contributed by atoms with Crippen LogP contribution in [-0.2, 0) is 35.3 Å². The summed E-state index contributed by atoms with van der Waals surface area (Å²) in [6.45, 7) is 3.90. The van der Waals surface area contributed by atoms with E-state index in [4.69, 9.17) is 25.3 Å². The molecular weight excluding hydrogens is 615 g/mol. The standard InChI is InChI=1S/C26H33N8O8PS/c1-23(2,14-35)21(36)44-10-9-40-43(39,31-11-15-7-5-4-6-8-15)42-18-17-26(18,38)24(3,37)25(13-27,41-17)16-12-30-20-19(28)32-22(29)33-34(16)20/h4-8,12,17-18,35,37-38H,9-11,14H2,1-3H3,(H,31,39)(H4,28,29,32,33)/t17-,18?,24+,25+,26+,43?/m1/s1. The van der Waals surface area contributed by atoms with Gasteiger partial charge < -0.3 is 31.5 Å². The van der Waals surface area contributed by atoms with E-state index in [-0.39, 0.29) is 53.7 Å². The average Bonchev–Trinajstić information content (AvgIpc) is 3.24. The second-order valence-electron chi connectivity index (χ2n) is 11.3. The van der Waals surface area contributed by atoms with Crippen molar-refractivity contribution in [3.8, 4) is 6.07 Å². The number of nitriles is 1. The Morgan fingerprint density at radius 2 is 2.02 bits per heavy atom. The van der Waals surface area contributed by atoms with Crippen molar-refractivity contribution in [2.24, 2.45) is 5.41 Å². The summed E-state index contributed by atoms with van der Waals surface area (Å²) in [6, 6.07) is 10.9. The molecule has 2 fully saturated rings. The Kier molecular flexibility index (Phi) is 8.29. The highest BCUT2D eigenvalue weighted by molar-refractivity contribution is 8.13. The lowest BCUT2D eigenvalue weighted by atomic mass is 9.78. The lowest BCUT2D eigenvalue weighted by Gasteiger charge is -2.38. The molecule has 5 rings (SSSR count). The zero-order chi connectivity index (χ0) is 32.1. The number of nitrogens with zero attached hydrogens (tertiary/aromatic N) is 5. The Morgan fingerprint density at radius 3 is 2.64 bits per heavy atom. The minimum atomic E-state index is -4.23. The van der Waals surface area contributed by atoms with E-state index in [2.05, 4.69) is 20.2 Å². The molecule has 2 aliphatic rings. The first-order chi connectivity index (χ1) is 20.7. The number of hydrogen-bond donors (Lipinski definition) is 6. The largest absolute Gasteiger partial charge is 0.406 e. The van der Waals surface area contributed by atoms with Crippen LogP contribution in [0.1, 0.15) is 32.0 Å². The van der Waals surface area contributed by atoms with Crippen molar-refractivity contribution in [2.75, 3.05) is 30.4 Å². The molecule has 6 atom stereocenters. The second kappa shape index (κ2) is 11.3. The summed E-state index contributed by atoms with van der Waals surface area (Å²) in [5.74, 6) is -0.218. The van der Waals surface area contributed by atoms with Crippen LogP contribution in [0.15, 0.2) is 36.5 Å². The van der Waals surface area contributed by atoms with Crippen LogP contribution in [0.4, 0.5) is 11.8 Å². The van der Waals surface area contributed by atoms with Gasteiger partial charge in [0.15, 0.2) is 22.2 Å². The van der Waals surface area contributed by atoms with Gasteiger partial charge in [0.05, 0.1) is 24.8 Å². The predicted molar refractivity (Wildman–Crippen MR) is 157 cm³/mol. The maximum atomic E-state index is 14.0. The van der Waals surface area contributed by atoms with Gasteiger partial charge in [-0.3, -0.25) is 13.8 Å². The van der Waals surface area contributed by atoms with E-state index in [1.165, 1.54) is 13.1 Å². The molecule has 236 valence electrons. The van der Waals surface area contributed by atoms with Gasteiger partial charge in [-0.25, -0.2) is 19.2 Å². The molecule has 18 heteroatoms. The number of hydrogen-bond acceptors (Lipinski definition) is 15. The van der Waals surface area contributed by atoms with Gasteiger partial charge in [-0.05, 0) is 26.3 Å². The van der Waals surface area contributed by atoms with E-state index in [0.29, 0.717) is 0 Å². The van der Waals surface area contributed by atoms with Crippen molar-refractivity contribution >= 4 is 42.0 Å². The number of benzene rings is 1. The minimum Gasteiger partial charge on any atom is -0.395 e. The fourth-order valence-electron chi connectivity index (χ4n) is 5.00. The number of nitrogens with two attached hydrogens (primary N) is 2. The highest BCUT2D eigenvalue weighted by Crippen LogP contribution is 2.67. The summed E-state index contributed by atoms with van der Waals surface area (Å²) >= 11 is 0.903. The molecule has 0 spiro atoms. The van der Waals surface area contributed by atoms with E-state index >= 15 is 0 Å². The first-order valence-electron chi connectivity index (χ1n) is 13.5. The molecule has 16 nitrogen and oxygen atoms in total. The Labute approximate surface area is 256 Å². The molecule has 3 aromatic rings. The van der Waals surface area contributed by atoms with Crippen LogP contribution in [0.2, 0.25) is 0 Å². The van der Waals surface area contributed by atoms with Gasteiger partial charge in [0, 0.05) is 12.3 Å². The molecule has 1 saturated heterocycles. The summed E-state index contributed by atoms with van der Waals surface area (Å²) < 4.78 is 32.5. The van der Waals surface area contributed by atoms with Gasteiger partial charge in [-0.1, -0.05) is 42.1 Å². The predicted octanol–water partition coefficient (Wildman–Crippen LogP) is 0.480. The number of aliphatic hydroxyl groups excluding tert-OH is 1. The Balaban J connectivity index is 1.37. The molecule has 8 N–H and O–H groups in total. The zero-order valence-electron chi connectivity index (χ0n) is 24.1. The van der Waals surface area contributed by atoms with Gasteiger partial charge in [0.25, 0.3) is 0 Å². The van der Waals surface area contributed by atoms with Crippen molar-refractivity contribution in [1.82, 2.24) is 24.7 Å². The quantitative estimate of drug-likeness (QED) is 0.115. The van der Waals surface area contributed by atoms with Crippen LogP contribution in [0.25, 0.3) is 5.65 Å². The van der Waals surface area contributed by atoms with Gasteiger partial charge in [0.2, 0.25) is 11.5 Å². The van der Waals surface area contributed by atoms with Crippen molar-refractivity contribution in [1.29, 1.82) is 5.26 Å². The number of fused-ring (bicyclic) bond motifs is 2. The Morgan fingerprint density at radius 1 is 1.32 bits per heavy atom. The van der Waals surface area contributed by atoms with Crippen molar-refractivity contribution in [2.45, 2.75) is 56.3 Å². The van der Waals surface area contributed by atoms with Crippen LogP contribution >= 0.6 is 19.5 Å².